The number of rotatable bonds is 5. The molecule has 0 amide bonds. The molecule has 0 spiro atoms. The van der Waals surface area contributed by atoms with Gasteiger partial charge in [-0.1, -0.05) is 36.8 Å². The van der Waals surface area contributed by atoms with Crippen LogP contribution in [0.4, 0.5) is 0 Å². The molecule has 0 unspecified atom stereocenters. The third-order valence-corrected chi connectivity index (χ3v) is 4.32. The first-order valence-electron chi connectivity index (χ1n) is 6.07. The number of hydrogen-bond donors (Lipinski definition) is 1. The fourth-order valence-electron chi connectivity index (χ4n) is 2.57. The smallest absolute Gasteiger partial charge is 0.0230 e. The van der Waals surface area contributed by atoms with Crippen LogP contribution in [-0.2, 0) is 6.54 Å². The van der Waals surface area contributed by atoms with Gasteiger partial charge in [0.1, 0.15) is 0 Å². The molecule has 0 heterocycles. The summed E-state index contributed by atoms with van der Waals surface area (Å²) in [5.41, 5.74) is 1.91. The molecule has 0 aliphatic heterocycles. The molecule has 16 heavy (non-hydrogen) atoms. The van der Waals surface area contributed by atoms with Crippen molar-refractivity contribution in [3.05, 3.63) is 35.9 Å². The lowest BCUT2D eigenvalue weighted by molar-refractivity contribution is 0.102. The van der Waals surface area contributed by atoms with Crippen LogP contribution in [0, 0.1) is 5.41 Å². The maximum atomic E-state index is 4.51. The predicted octanol–water partition coefficient (Wildman–Crippen LogP) is 3.22. The summed E-state index contributed by atoms with van der Waals surface area (Å²) in [6, 6.07) is 10.7. The Hall–Kier alpha value is -0.470. The van der Waals surface area contributed by atoms with Crippen LogP contribution >= 0.6 is 12.6 Å². The topological polar surface area (TPSA) is 3.24 Å². The molecule has 1 saturated carbocycles. The lowest BCUT2D eigenvalue weighted by Crippen LogP contribution is -2.42. The second kappa shape index (κ2) is 5.24. The van der Waals surface area contributed by atoms with Gasteiger partial charge in [0.2, 0.25) is 0 Å². The van der Waals surface area contributed by atoms with Gasteiger partial charge >= 0.3 is 0 Å². The van der Waals surface area contributed by atoms with Crippen LogP contribution in [-0.4, -0.2) is 24.2 Å². The fraction of sp³-hybridized carbons (Fsp3) is 0.571. The highest BCUT2D eigenvalue weighted by Crippen LogP contribution is 2.42. The molecule has 88 valence electrons. The first-order valence-corrected chi connectivity index (χ1v) is 6.71. The van der Waals surface area contributed by atoms with Gasteiger partial charge in [-0.2, -0.15) is 12.6 Å². The van der Waals surface area contributed by atoms with Crippen molar-refractivity contribution in [2.45, 2.75) is 25.8 Å². The van der Waals surface area contributed by atoms with E-state index in [9.17, 15) is 0 Å². The Morgan fingerprint density at radius 2 is 1.94 bits per heavy atom. The Morgan fingerprint density at radius 1 is 1.25 bits per heavy atom. The maximum absolute atomic E-state index is 4.51. The van der Waals surface area contributed by atoms with E-state index in [-0.39, 0.29) is 0 Å². The largest absolute Gasteiger partial charge is 0.302 e. The van der Waals surface area contributed by atoms with E-state index in [1.54, 1.807) is 0 Å². The molecule has 2 heteroatoms. The number of nitrogens with zero attached hydrogens (tertiary/aromatic N) is 1. The highest BCUT2D eigenvalue weighted by Gasteiger charge is 2.36. The molecule has 0 aromatic heterocycles. The van der Waals surface area contributed by atoms with Crippen molar-refractivity contribution in [2.75, 3.05) is 19.3 Å². The molecular formula is C14H21NS. The minimum atomic E-state index is 0.507. The Kier molecular flexibility index (Phi) is 3.93. The minimum absolute atomic E-state index is 0.507. The van der Waals surface area contributed by atoms with Gasteiger partial charge in [0.15, 0.2) is 0 Å². The molecule has 1 aromatic carbocycles. The zero-order chi connectivity index (χ0) is 11.4. The third kappa shape index (κ3) is 2.80. The summed E-state index contributed by atoms with van der Waals surface area (Å²) in [5, 5.41) is 0. The van der Waals surface area contributed by atoms with Crippen LogP contribution in [0.15, 0.2) is 30.3 Å². The zero-order valence-corrected chi connectivity index (χ0v) is 10.9. The third-order valence-electron chi connectivity index (χ3n) is 3.65. The molecule has 0 saturated heterocycles. The Labute approximate surface area is 104 Å². The van der Waals surface area contributed by atoms with E-state index >= 15 is 0 Å². The fourth-order valence-corrected chi connectivity index (χ4v) is 2.98. The first-order chi connectivity index (χ1) is 7.74. The van der Waals surface area contributed by atoms with Crippen molar-refractivity contribution in [2.24, 2.45) is 5.41 Å². The van der Waals surface area contributed by atoms with Crippen LogP contribution < -0.4 is 0 Å². The van der Waals surface area contributed by atoms with Crippen molar-refractivity contribution < 1.29 is 0 Å². The van der Waals surface area contributed by atoms with Crippen molar-refractivity contribution in [3.63, 3.8) is 0 Å². The molecular weight excluding hydrogens is 214 g/mol. The highest BCUT2D eigenvalue weighted by atomic mass is 32.1. The molecule has 1 nitrogen and oxygen atoms in total. The molecule has 0 atom stereocenters. The van der Waals surface area contributed by atoms with Crippen LogP contribution in [0.1, 0.15) is 24.8 Å². The summed E-state index contributed by atoms with van der Waals surface area (Å²) in [7, 11) is 2.22. The molecule has 1 fully saturated rings. The Bertz CT molecular complexity index is 313. The van der Waals surface area contributed by atoms with E-state index in [1.807, 2.05) is 0 Å². The van der Waals surface area contributed by atoms with Gasteiger partial charge in [0.25, 0.3) is 0 Å². The van der Waals surface area contributed by atoms with Gasteiger partial charge in [-0.15, -0.1) is 0 Å². The van der Waals surface area contributed by atoms with Gasteiger partial charge in [0.05, 0.1) is 0 Å². The van der Waals surface area contributed by atoms with Crippen LogP contribution in [0.5, 0.6) is 0 Å². The second-order valence-electron chi connectivity index (χ2n) is 5.17. The number of benzene rings is 1. The quantitative estimate of drug-likeness (QED) is 0.767. The predicted molar refractivity (Wildman–Crippen MR) is 72.9 cm³/mol. The van der Waals surface area contributed by atoms with E-state index in [1.165, 1.54) is 31.4 Å². The average molecular weight is 235 g/mol. The summed E-state index contributed by atoms with van der Waals surface area (Å²) >= 11 is 4.51. The first kappa shape index (κ1) is 12.0. The van der Waals surface area contributed by atoms with Crippen LogP contribution in [0.3, 0.4) is 0 Å². The van der Waals surface area contributed by atoms with Crippen LogP contribution in [0.2, 0.25) is 0 Å². The monoisotopic (exact) mass is 235 g/mol. The zero-order valence-electron chi connectivity index (χ0n) is 10.0. The van der Waals surface area contributed by atoms with E-state index in [4.69, 9.17) is 0 Å². The normalized spacial score (nSPS) is 18.4. The number of hydrogen-bond acceptors (Lipinski definition) is 2. The Balaban J connectivity index is 1.87. The van der Waals surface area contributed by atoms with Crippen LogP contribution in [0.25, 0.3) is 0 Å². The second-order valence-corrected chi connectivity index (χ2v) is 5.49. The van der Waals surface area contributed by atoms with Crippen molar-refractivity contribution in [1.29, 1.82) is 0 Å². The standard InChI is InChI=1S/C14H21NS/c1-15(10-13-6-3-2-4-7-13)11-14(12-16)8-5-9-14/h2-4,6-7,16H,5,8-12H2,1H3. The van der Waals surface area contributed by atoms with E-state index in [0.29, 0.717) is 5.41 Å². The molecule has 0 radical (unpaired) electrons. The summed E-state index contributed by atoms with van der Waals surface area (Å²) in [6.45, 7) is 2.24. The molecule has 1 aliphatic rings. The summed E-state index contributed by atoms with van der Waals surface area (Å²) in [6.07, 6.45) is 4.10. The maximum Gasteiger partial charge on any atom is 0.0230 e. The Morgan fingerprint density at radius 3 is 2.44 bits per heavy atom. The van der Waals surface area contributed by atoms with E-state index < -0.39 is 0 Å². The van der Waals surface area contributed by atoms with Crippen molar-refractivity contribution in [1.82, 2.24) is 4.90 Å². The molecule has 0 bridgehead atoms. The van der Waals surface area contributed by atoms with Gasteiger partial charge < -0.3 is 4.90 Å². The number of thiol groups is 1. The molecule has 1 aromatic rings. The lowest BCUT2D eigenvalue weighted by Gasteiger charge is -2.43. The SMILES string of the molecule is CN(Cc1ccccc1)CC1(CS)CCC1. The van der Waals surface area contributed by atoms with E-state index in [0.717, 1.165) is 12.3 Å². The molecule has 1 aliphatic carbocycles. The summed E-state index contributed by atoms with van der Waals surface area (Å²) < 4.78 is 0. The van der Waals surface area contributed by atoms with Gasteiger partial charge in [-0.3, -0.25) is 0 Å². The van der Waals surface area contributed by atoms with E-state index in [2.05, 4.69) is 54.9 Å². The van der Waals surface area contributed by atoms with Crippen molar-refractivity contribution in [3.8, 4) is 0 Å². The molecule has 0 N–H and O–H groups in total. The average Bonchev–Trinajstić information content (AvgIpc) is 2.25. The lowest BCUT2D eigenvalue weighted by atomic mass is 9.70. The minimum Gasteiger partial charge on any atom is -0.302 e. The summed E-state index contributed by atoms with van der Waals surface area (Å²) in [4.78, 5) is 2.44. The van der Waals surface area contributed by atoms with Gasteiger partial charge in [-0.25, -0.2) is 0 Å². The van der Waals surface area contributed by atoms with Crippen molar-refractivity contribution >= 4 is 12.6 Å². The van der Waals surface area contributed by atoms with Gasteiger partial charge in [-0.05, 0) is 36.6 Å². The summed E-state index contributed by atoms with van der Waals surface area (Å²) in [5.74, 6) is 1.03. The highest BCUT2D eigenvalue weighted by molar-refractivity contribution is 7.80. The molecule has 2 rings (SSSR count). The van der Waals surface area contributed by atoms with Gasteiger partial charge in [0, 0.05) is 13.1 Å².